The third kappa shape index (κ3) is 5.25. The molecule has 0 fully saturated rings. The lowest BCUT2D eigenvalue weighted by atomic mass is 9.94. The molecule has 0 radical (unpaired) electrons. The summed E-state index contributed by atoms with van der Waals surface area (Å²) in [5.74, 6) is -0.637. The minimum absolute atomic E-state index is 0.113. The van der Waals surface area contributed by atoms with Gasteiger partial charge < -0.3 is 9.30 Å². The Labute approximate surface area is 261 Å². The smallest absolute Gasteiger partial charge is 0.338 e. The minimum Gasteiger partial charge on any atom is -0.463 e. The lowest BCUT2D eigenvalue weighted by Crippen LogP contribution is -2.40. The number of carbonyl (C=O) groups excluding carboxylic acids is 1. The van der Waals surface area contributed by atoms with Crippen LogP contribution in [0.15, 0.2) is 94.0 Å². The monoisotopic (exact) mass is 617 g/mol. The van der Waals surface area contributed by atoms with Crippen LogP contribution in [0.3, 0.4) is 0 Å². The van der Waals surface area contributed by atoms with Crippen LogP contribution in [0, 0.1) is 28.4 Å². The molecule has 2 aromatic heterocycles. The fourth-order valence-electron chi connectivity index (χ4n) is 5.71. The van der Waals surface area contributed by atoms with Crippen LogP contribution in [0.5, 0.6) is 0 Å². The van der Waals surface area contributed by atoms with Crippen molar-refractivity contribution in [1.29, 1.82) is 5.26 Å². The molecular formula is C34H27N5O5S. The molecule has 1 atom stereocenters. The summed E-state index contributed by atoms with van der Waals surface area (Å²) in [4.78, 5) is 43.7. The van der Waals surface area contributed by atoms with E-state index in [0.29, 0.717) is 38.3 Å². The van der Waals surface area contributed by atoms with Crippen LogP contribution in [0.25, 0.3) is 17.0 Å². The molecule has 10 nitrogen and oxygen atoms in total. The summed E-state index contributed by atoms with van der Waals surface area (Å²) in [6.45, 7) is 5.57. The second kappa shape index (κ2) is 11.8. The van der Waals surface area contributed by atoms with Gasteiger partial charge in [-0.15, -0.1) is 0 Å². The Morgan fingerprint density at radius 3 is 2.67 bits per heavy atom. The van der Waals surface area contributed by atoms with E-state index < -0.39 is 16.9 Å². The van der Waals surface area contributed by atoms with Gasteiger partial charge >= 0.3 is 5.97 Å². The number of esters is 1. The normalized spacial score (nSPS) is 14.6. The molecule has 0 amide bonds. The maximum atomic E-state index is 14.2. The van der Waals surface area contributed by atoms with Gasteiger partial charge in [0.15, 0.2) is 4.80 Å². The van der Waals surface area contributed by atoms with Crippen LogP contribution in [0.1, 0.15) is 47.7 Å². The zero-order chi connectivity index (χ0) is 31.8. The largest absolute Gasteiger partial charge is 0.463 e. The number of nitro groups is 1. The summed E-state index contributed by atoms with van der Waals surface area (Å²) in [5, 5.41) is 22.3. The highest BCUT2D eigenvalue weighted by molar-refractivity contribution is 7.07. The zero-order valence-corrected chi connectivity index (χ0v) is 25.5. The number of benzene rings is 3. The topological polar surface area (TPSA) is 133 Å². The summed E-state index contributed by atoms with van der Waals surface area (Å²) in [7, 11) is 0. The molecule has 0 unspecified atom stereocenters. The van der Waals surface area contributed by atoms with E-state index in [1.807, 2.05) is 53.2 Å². The van der Waals surface area contributed by atoms with E-state index in [4.69, 9.17) is 4.74 Å². The average Bonchev–Trinajstić information content (AvgIpc) is 3.53. The van der Waals surface area contributed by atoms with Crippen molar-refractivity contribution in [2.24, 2.45) is 4.99 Å². The second-order valence-electron chi connectivity index (χ2n) is 10.6. The fraction of sp³-hybridized carbons (Fsp3) is 0.176. The molecule has 224 valence electrons. The summed E-state index contributed by atoms with van der Waals surface area (Å²) in [6.07, 6.45) is 3.75. The van der Waals surface area contributed by atoms with Crippen molar-refractivity contribution in [3.8, 4) is 6.07 Å². The van der Waals surface area contributed by atoms with Crippen molar-refractivity contribution in [3.05, 3.63) is 142 Å². The van der Waals surface area contributed by atoms with Crippen LogP contribution in [-0.4, -0.2) is 26.6 Å². The number of hydrogen-bond donors (Lipinski definition) is 0. The number of aryl methyl sites for hydroxylation is 1. The number of aromatic nitrogens is 2. The first-order valence-electron chi connectivity index (χ1n) is 14.2. The number of carbonyl (C=O) groups is 1. The third-order valence-electron chi connectivity index (χ3n) is 7.85. The first kappa shape index (κ1) is 29.5. The number of hydrogen-bond acceptors (Lipinski definition) is 8. The Morgan fingerprint density at radius 2 is 1.91 bits per heavy atom. The molecule has 0 saturated heterocycles. The molecule has 0 bridgehead atoms. The molecule has 11 heteroatoms. The number of rotatable bonds is 7. The van der Waals surface area contributed by atoms with Crippen molar-refractivity contribution in [3.63, 3.8) is 0 Å². The lowest BCUT2D eigenvalue weighted by molar-refractivity contribution is -0.385. The number of nitro benzene ring substituents is 1. The van der Waals surface area contributed by atoms with Gasteiger partial charge in [-0.2, -0.15) is 5.26 Å². The number of nitrogens with zero attached hydrogens (tertiary/aromatic N) is 5. The summed E-state index contributed by atoms with van der Waals surface area (Å²) < 4.78 is 9.20. The SMILES string of the molecule is CCOC(=O)C1=C(C)N=c2s/c(=C/c3cn(Cc4ccccc4C#N)c4ccccc34)c(=O)n2[C@H]1c1ccc(C)c([N+](=O)[O-])c1. The van der Waals surface area contributed by atoms with E-state index in [-0.39, 0.29) is 23.4 Å². The highest BCUT2D eigenvalue weighted by atomic mass is 32.1. The number of ether oxygens (including phenoxy) is 1. The van der Waals surface area contributed by atoms with Gasteiger partial charge in [-0.25, -0.2) is 9.79 Å². The van der Waals surface area contributed by atoms with E-state index in [1.54, 1.807) is 45.0 Å². The van der Waals surface area contributed by atoms with Crippen LogP contribution >= 0.6 is 11.3 Å². The molecule has 0 aliphatic carbocycles. The molecule has 6 rings (SSSR count). The Kier molecular flexibility index (Phi) is 7.74. The Bertz CT molecular complexity index is 2290. The quantitative estimate of drug-likeness (QED) is 0.145. The van der Waals surface area contributed by atoms with Gasteiger partial charge in [-0.3, -0.25) is 19.5 Å². The zero-order valence-electron chi connectivity index (χ0n) is 24.7. The van der Waals surface area contributed by atoms with E-state index in [1.165, 1.54) is 22.0 Å². The first-order valence-corrected chi connectivity index (χ1v) is 15.0. The second-order valence-corrected chi connectivity index (χ2v) is 11.6. The molecule has 1 aliphatic rings. The van der Waals surface area contributed by atoms with Crippen LogP contribution < -0.4 is 14.9 Å². The number of fused-ring (bicyclic) bond motifs is 2. The first-order chi connectivity index (χ1) is 21.7. The molecular weight excluding hydrogens is 590 g/mol. The number of nitriles is 1. The fourth-order valence-corrected chi connectivity index (χ4v) is 6.75. The maximum absolute atomic E-state index is 14.2. The number of allylic oxidation sites excluding steroid dienone is 1. The van der Waals surface area contributed by atoms with Crippen molar-refractivity contribution >= 4 is 40.0 Å². The van der Waals surface area contributed by atoms with Gasteiger partial charge in [-0.1, -0.05) is 59.9 Å². The van der Waals surface area contributed by atoms with Gasteiger partial charge in [0.1, 0.15) is 0 Å². The molecule has 0 saturated carbocycles. The van der Waals surface area contributed by atoms with E-state index in [9.17, 15) is 25.0 Å². The number of para-hydroxylation sites is 1. The minimum atomic E-state index is -0.967. The molecule has 3 aromatic carbocycles. The highest BCUT2D eigenvalue weighted by Gasteiger charge is 2.34. The predicted molar refractivity (Wildman–Crippen MR) is 170 cm³/mol. The van der Waals surface area contributed by atoms with E-state index >= 15 is 0 Å². The van der Waals surface area contributed by atoms with Gasteiger partial charge in [-0.05, 0) is 50.1 Å². The van der Waals surface area contributed by atoms with Crippen molar-refractivity contribution in [2.75, 3.05) is 6.61 Å². The molecule has 1 aliphatic heterocycles. The Morgan fingerprint density at radius 1 is 1.16 bits per heavy atom. The third-order valence-corrected chi connectivity index (χ3v) is 8.83. The Hall–Kier alpha value is -5.60. The van der Waals surface area contributed by atoms with Gasteiger partial charge in [0.25, 0.3) is 11.2 Å². The van der Waals surface area contributed by atoms with Crippen LogP contribution in [0.2, 0.25) is 0 Å². The Balaban J connectivity index is 1.54. The van der Waals surface area contributed by atoms with E-state index in [2.05, 4.69) is 11.1 Å². The summed E-state index contributed by atoms with van der Waals surface area (Å²) >= 11 is 1.18. The highest BCUT2D eigenvalue weighted by Crippen LogP contribution is 2.33. The summed E-state index contributed by atoms with van der Waals surface area (Å²) in [5.41, 5.74) is 4.11. The maximum Gasteiger partial charge on any atom is 0.338 e. The van der Waals surface area contributed by atoms with Crippen LogP contribution in [-0.2, 0) is 16.1 Å². The summed E-state index contributed by atoms with van der Waals surface area (Å²) in [6, 6.07) is 21.3. The predicted octanol–water partition coefficient (Wildman–Crippen LogP) is 4.89. The molecule has 0 spiro atoms. The molecule has 3 heterocycles. The van der Waals surface area contributed by atoms with Crippen molar-refractivity contribution in [1.82, 2.24) is 9.13 Å². The molecule has 45 heavy (non-hydrogen) atoms. The molecule has 5 aromatic rings. The standard InChI is InChI=1S/C34H27N5O5S/c1-4-44-33(41)30-21(3)36-34-38(31(30)22-14-13-20(2)28(15-22)39(42)43)32(40)29(45-34)16-25-19-37(27-12-8-7-11-26(25)27)18-24-10-6-5-9-23(24)17-35/h5-16,19,31H,4,18H2,1-3H3/b29-16+/t31-/m0/s1. The van der Waals surface area contributed by atoms with Gasteiger partial charge in [0, 0.05) is 40.8 Å². The van der Waals surface area contributed by atoms with Crippen LogP contribution in [0.4, 0.5) is 5.69 Å². The van der Waals surface area contributed by atoms with E-state index in [0.717, 1.165) is 22.0 Å². The molecule has 0 N–H and O–H groups in total. The van der Waals surface area contributed by atoms with Crippen molar-refractivity contribution in [2.45, 2.75) is 33.4 Å². The number of thiazole rings is 1. The van der Waals surface area contributed by atoms with Gasteiger partial charge in [0.2, 0.25) is 0 Å². The lowest BCUT2D eigenvalue weighted by Gasteiger charge is -2.24. The average molecular weight is 618 g/mol. The van der Waals surface area contributed by atoms with Crippen molar-refractivity contribution < 1.29 is 14.5 Å². The van der Waals surface area contributed by atoms with Gasteiger partial charge in [0.05, 0.1) is 45.0 Å².